The van der Waals surface area contributed by atoms with Crippen LogP contribution in [0.1, 0.15) is 35.9 Å². The molecule has 0 saturated carbocycles. The number of fused-ring (bicyclic) bond motifs is 2. The number of aryl methyl sites for hydroxylation is 2. The number of ether oxygens (including phenoxy) is 1. The van der Waals surface area contributed by atoms with E-state index in [4.69, 9.17) is 21.3 Å². The van der Waals surface area contributed by atoms with Crippen LogP contribution in [0.2, 0.25) is 5.02 Å². The second-order valence-electron chi connectivity index (χ2n) is 9.33. The summed E-state index contributed by atoms with van der Waals surface area (Å²) in [6.07, 6.45) is 1.66. The zero-order valence-corrected chi connectivity index (χ0v) is 21.0. The van der Waals surface area contributed by atoms with E-state index in [1.54, 1.807) is 0 Å². The fraction of sp³-hybridized carbons (Fsp3) is 0.310. The SMILES string of the molecule is Cc1cccc2c1nc(COc1ccc(Cl)cc1)n2CCC(C)C(=O)N1CCc2ccccc2C1. The summed E-state index contributed by atoms with van der Waals surface area (Å²) >= 11 is 6.00. The van der Waals surface area contributed by atoms with Gasteiger partial charge in [0, 0.05) is 30.6 Å². The van der Waals surface area contributed by atoms with Crippen LogP contribution in [0.25, 0.3) is 11.0 Å². The van der Waals surface area contributed by atoms with E-state index in [1.807, 2.05) is 36.1 Å². The highest BCUT2D eigenvalue weighted by Gasteiger charge is 2.25. The van der Waals surface area contributed by atoms with Crippen molar-refractivity contribution in [2.45, 2.75) is 46.4 Å². The number of halogens is 1. The van der Waals surface area contributed by atoms with Crippen LogP contribution in [0.4, 0.5) is 0 Å². The minimum Gasteiger partial charge on any atom is -0.486 e. The molecule has 1 unspecified atom stereocenters. The molecule has 0 spiro atoms. The highest BCUT2D eigenvalue weighted by atomic mass is 35.5. The largest absolute Gasteiger partial charge is 0.486 e. The summed E-state index contributed by atoms with van der Waals surface area (Å²) in [5.74, 6) is 1.75. The molecule has 6 heteroatoms. The van der Waals surface area contributed by atoms with Crippen molar-refractivity contribution in [3.05, 3.63) is 94.3 Å². The van der Waals surface area contributed by atoms with Gasteiger partial charge < -0.3 is 14.2 Å². The molecule has 35 heavy (non-hydrogen) atoms. The van der Waals surface area contributed by atoms with Crippen molar-refractivity contribution < 1.29 is 9.53 Å². The zero-order chi connectivity index (χ0) is 24.4. The van der Waals surface area contributed by atoms with Gasteiger partial charge in [0.2, 0.25) is 5.91 Å². The molecule has 5 rings (SSSR count). The molecule has 0 saturated heterocycles. The van der Waals surface area contributed by atoms with E-state index in [-0.39, 0.29) is 11.8 Å². The summed E-state index contributed by atoms with van der Waals surface area (Å²) in [6, 6.07) is 22.0. The Morgan fingerprint density at radius 1 is 1.06 bits per heavy atom. The number of carbonyl (C=O) groups is 1. The topological polar surface area (TPSA) is 47.4 Å². The van der Waals surface area contributed by atoms with Gasteiger partial charge >= 0.3 is 0 Å². The molecule has 180 valence electrons. The van der Waals surface area contributed by atoms with Gasteiger partial charge in [-0.25, -0.2) is 4.98 Å². The number of hydrogen-bond donors (Lipinski definition) is 0. The number of benzene rings is 3. The van der Waals surface area contributed by atoms with E-state index in [2.05, 4.69) is 54.0 Å². The Bertz CT molecular complexity index is 1350. The molecule has 0 N–H and O–H groups in total. The maximum atomic E-state index is 13.3. The molecule has 2 heterocycles. The van der Waals surface area contributed by atoms with Crippen LogP contribution in [0, 0.1) is 12.8 Å². The van der Waals surface area contributed by atoms with Crippen molar-refractivity contribution in [2.24, 2.45) is 5.92 Å². The van der Waals surface area contributed by atoms with Crippen LogP contribution in [0.15, 0.2) is 66.7 Å². The first kappa shape index (κ1) is 23.4. The number of amides is 1. The van der Waals surface area contributed by atoms with Crippen LogP contribution in [-0.2, 0) is 30.9 Å². The number of para-hydroxylation sites is 1. The molecule has 0 aliphatic carbocycles. The Morgan fingerprint density at radius 2 is 1.83 bits per heavy atom. The average Bonchev–Trinajstić information content (AvgIpc) is 3.25. The van der Waals surface area contributed by atoms with Crippen molar-refractivity contribution in [2.75, 3.05) is 6.54 Å². The normalized spacial score (nSPS) is 14.1. The minimum absolute atomic E-state index is 0.0763. The lowest BCUT2D eigenvalue weighted by molar-refractivity contribution is -0.136. The molecule has 0 bridgehead atoms. The van der Waals surface area contributed by atoms with Crippen molar-refractivity contribution in [1.82, 2.24) is 14.5 Å². The number of hydrogen-bond acceptors (Lipinski definition) is 3. The fourth-order valence-corrected chi connectivity index (χ4v) is 4.94. The summed E-state index contributed by atoms with van der Waals surface area (Å²) < 4.78 is 8.22. The predicted octanol–water partition coefficient (Wildman–Crippen LogP) is 6.19. The smallest absolute Gasteiger partial charge is 0.225 e. The minimum atomic E-state index is -0.0763. The van der Waals surface area contributed by atoms with Crippen LogP contribution in [-0.4, -0.2) is 26.9 Å². The maximum absolute atomic E-state index is 13.3. The third-order valence-electron chi connectivity index (χ3n) is 6.89. The van der Waals surface area contributed by atoms with Gasteiger partial charge in [-0.05, 0) is 66.8 Å². The summed E-state index contributed by atoms with van der Waals surface area (Å²) in [4.78, 5) is 20.2. The predicted molar refractivity (Wildman–Crippen MR) is 140 cm³/mol. The molecule has 1 amide bonds. The summed E-state index contributed by atoms with van der Waals surface area (Å²) in [7, 11) is 0. The van der Waals surface area contributed by atoms with Crippen LogP contribution in [0.5, 0.6) is 5.75 Å². The molecular weight excluding hydrogens is 458 g/mol. The summed E-state index contributed by atoms with van der Waals surface area (Å²) in [6.45, 7) is 6.65. The lowest BCUT2D eigenvalue weighted by Gasteiger charge is -2.31. The summed E-state index contributed by atoms with van der Waals surface area (Å²) in [5, 5.41) is 0.677. The van der Waals surface area contributed by atoms with Crippen molar-refractivity contribution in [3.8, 4) is 5.75 Å². The summed E-state index contributed by atoms with van der Waals surface area (Å²) in [5.41, 5.74) is 5.80. The Kier molecular flexibility index (Phi) is 6.78. The van der Waals surface area contributed by atoms with Gasteiger partial charge in [-0.1, -0.05) is 54.9 Å². The third-order valence-corrected chi connectivity index (χ3v) is 7.14. The number of aromatic nitrogens is 2. The Hall–Kier alpha value is -3.31. The van der Waals surface area contributed by atoms with E-state index in [0.29, 0.717) is 24.7 Å². The van der Waals surface area contributed by atoms with E-state index >= 15 is 0 Å². The highest BCUT2D eigenvalue weighted by Crippen LogP contribution is 2.25. The van der Waals surface area contributed by atoms with Crippen LogP contribution in [0.3, 0.4) is 0 Å². The molecule has 4 aromatic rings. The number of nitrogens with zero attached hydrogens (tertiary/aromatic N) is 3. The van der Waals surface area contributed by atoms with Gasteiger partial charge in [0.05, 0.1) is 11.0 Å². The molecule has 1 atom stereocenters. The molecule has 1 aromatic heterocycles. The average molecular weight is 488 g/mol. The van der Waals surface area contributed by atoms with Gasteiger partial charge in [0.25, 0.3) is 0 Å². The van der Waals surface area contributed by atoms with Crippen molar-refractivity contribution >= 4 is 28.5 Å². The highest BCUT2D eigenvalue weighted by molar-refractivity contribution is 6.30. The third kappa shape index (κ3) is 5.06. The first-order valence-corrected chi connectivity index (χ1v) is 12.6. The molecule has 3 aromatic carbocycles. The lowest BCUT2D eigenvalue weighted by atomic mass is 9.98. The van der Waals surface area contributed by atoms with Crippen molar-refractivity contribution in [3.63, 3.8) is 0 Å². The molecule has 5 nitrogen and oxygen atoms in total. The number of imidazole rings is 1. The molecule has 0 fully saturated rings. The second kappa shape index (κ2) is 10.1. The first-order chi connectivity index (χ1) is 17.0. The fourth-order valence-electron chi connectivity index (χ4n) is 4.82. The van der Waals surface area contributed by atoms with E-state index in [0.717, 1.165) is 47.6 Å². The van der Waals surface area contributed by atoms with Gasteiger partial charge in [0.1, 0.15) is 18.2 Å². The standard InChI is InChI=1S/C29H30ClN3O2/c1-20-6-5-9-26-28(20)31-27(19-35-25-12-10-24(30)11-13-25)33(26)17-14-21(2)29(34)32-16-15-22-7-3-4-8-23(22)18-32/h3-13,21H,14-19H2,1-2H3. The molecular formula is C29H30ClN3O2. The second-order valence-corrected chi connectivity index (χ2v) is 9.77. The van der Waals surface area contributed by atoms with E-state index in [1.165, 1.54) is 11.1 Å². The van der Waals surface area contributed by atoms with Crippen LogP contribution >= 0.6 is 11.6 Å². The van der Waals surface area contributed by atoms with Gasteiger partial charge in [-0.3, -0.25) is 4.79 Å². The van der Waals surface area contributed by atoms with Gasteiger partial charge in [-0.15, -0.1) is 0 Å². The van der Waals surface area contributed by atoms with Crippen LogP contribution < -0.4 is 4.74 Å². The maximum Gasteiger partial charge on any atom is 0.225 e. The Morgan fingerprint density at radius 3 is 2.63 bits per heavy atom. The monoisotopic (exact) mass is 487 g/mol. The Labute approximate surface area is 211 Å². The molecule has 1 aliphatic rings. The number of carbonyl (C=O) groups excluding carboxylic acids is 1. The number of rotatable bonds is 7. The van der Waals surface area contributed by atoms with E-state index in [9.17, 15) is 4.79 Å². The lowest BCUT2D eigenvalue weighted by Crippen LogP contribution is -2.39. The first-order valence-electron chi connectivity index (χ1n) is 12.2. The van der Waals surface area contributed by atoms with Crippen molar-refractivity contribution in [1.29, 1.82) is 0 Å². The molecule has 1 aliphatic heterocycles. The molecule has 0 radical (unpaired) electrons. The van der Waals surface area contributed by atoms with E-state index < -0.39 is 0 Å². The van der Waals surface area contributed by atoms with Gasteiger partial charge in [0.15, 0.2) is 0 Å². The van der Waals surface area contributed by atoms with Gasteiger partial charge in [-0.2, -0.15) is 0 Å². The quantitative estimate of drug-likeness (QED) is 0.312. The Balaban J connectivity index is 1.30. The zero-order valence-electron chi connectivity index (χ0n) is 20.2.